The molecule has 2 nitrogen and oxygen atoms in total. The van der Waals surface area contributed by atoms with Crippen molar-refractivity contribution in [2.75, 3.05) is 4.90 Å². The zero-order valence-corrected chi connectivity index (χ0v) is 32.2. The number of benzene rings is 9. The molecule has 0 fully saturated rings. The number of rotatable bonds is 7. The lowest BCUT2D eigenvalue weighted by Gasteiger charge is -2.28. The number of hydrogen-bond donors (Lipinski definition) is 0. The third-order valence-electron chi connectivity index (χ3n) is 11.3. The van der Waals surface area contributed by atoms with Crippen LogP contribution in [-0.4, -0.2) is 4.57 Å². The highest BCUT2D eigenvalue weighted by molar-refractivity contribution is 7.25. The smallest absolute Gasteiger partial charge is 0.133 e. The van der Waals surface area contributed by atoms with Crippen LogP contribution in [0.2, 0.25) is 0 Å². The standard InChI is InChI=1S/C54H35FN2S/c55-47-21-12-24-50-54(47)45-18-5-8-23-49(45)57(50)42-16-10-15-39(35-42)36-27-31-40(32-28-36)56(48-22-7-4-17-43(48)37-13-2-1-3-14-37)41-33-29-38(30-34-41)44-20-11-26-52-53(44)46-19-6-9-25-51(46)58-52/h1-35H. The van der Waals surface area contributed by atoms with E-state index < -0.39 is 0 Å². The molecule has 0 saturated heterocycles. The molecule has 0 unspecified atom stereocenters. The van der Waals surface area contributed by atoms with Crippen molar-refractivity contribution in [1.29, 1.82) is 0 Å². The van der Waals surface area contributed by atoms with E-state index in [0.29, 0.717) is 5.39 Å². The van der Waals surface area contributed by atoms with Gasteiger partial charge in [-0.3, -0.25) is 0 Å². The number of fused-ring (bicyclic) bond motifs is 6. The molecule has 0 spiro atoms. The van der Waals surface area contributed by atoms with Crippen LogP contribution in [0, 0.1) is 5.82 Å². The van der Waals surface area contributed by atoms with Crippen LogP contribution in [0.5, 0.6) is 0 Å². The Hall–Kier alpha value is -7.27. The molecule has 0 N–H and O–H groups in total. The van der Waals surface area contributed by atoms with Crippen LogP contribution in [0.3, 0.4) is 0 Å². The summed E-state index contributed by atoms with van der Waals surface area (Å²) in [7, 11) is 0. The Balaban J connectivity index is 1.01. The summed E-state index contributed by atoms with van der Waals surface area (Å²) in [5, 5.41) is 4.17. The number of hydrogen-bond acceptors (Lipinski definition) is 2. The van der Waals surface area contributed by atoms with Crippen molar-refractivity contribution < 1.29 is 4.39 Å². The maximum Gasteiger partial charge on any atom is 0.133 e. The van der Waals surface area contributed by atoms with Crippen molar-refractivity contribution in [2.45, 2.75) is 0 Å². The minimum Gasteiger partial charge on any atom is -0.310 e. The Morgan fingerprint density at radius 1 is 0.397 bits per heavy atom. The number of nitrogens with zero attached hydrogens (tertiary/aromatic N) is 2. The molecule has 0 aliphatic rings. The lowest BCUT2D eigenvalue weighted by Crippen LogP contribution is -2.11. The lowest BCUT2D eigenvalue weighted by atomic mass is 9.98. The Morgan fingerprint density at radius 3 is 1.81 bits per heavy atom. The predicted octanol–water partition coefficient (Wildman–Crippen LogP) is 15.8. The summed E-state index contributed by atoms with van der Waals surface area (Å²) in [6, 6.07) is 74.3. The highest BCUT2D eigenvalue weighted by Gasteiger charge is 2.19. The van der Waals surface area contributed by atoms with Gasteiger partial charge in [0.15, 0.2) is 0 Å². The molecule has 58 heavy (non-hydrogen) atoms. The van der Waals surface area contributed by atoms with Gasteiger partial charge in [-0.15, -0.1) is 11.3 Å². The average molecular weight is 763 g/mol. The van der Waals surface area contributed by atoms with E-state index in [4.69, 9.17) is 0 Å². The van der Waals surface area contributed by atoms with Crippen molar-refractivity contribution in [3.8, 4) is 39.1 Å². The predicted molar refractivity (Wildman–Crippen MR) is 245 cm³/mol. The summed E-state index contributed by atoms with van der Waals surface area (Å²) in [5.74, 6) is -0.208. The monoisotopic (exact) mass is 762 g/mol. The summed E-state index contributed by atoms with van der Waals surface area (Å²) in [4.78, 5) is 2.36. The first-order chi connectivity index (χ1) is 28.7. The molecule has 9 aromatic carbocycles. The van der Waals surface area contributed by atoms with E-state index in [2.05, 4.69) is 185 Å². The van der Waals surface area contributed by atoms with E-state index in [1.807, 2.05) is 35.6 Å². The molecule has 0 aliphatic heterocycles. The second-order valence-electron chi connectivity index (χ2n) is 14.6. The summed E-state index contributed by atoms with van der Waals surface area (Å²) in [6.45, 7) is 0. The van der Waals surface area contributed by atoms with E-state index in [9.17, 15) is 0 Å². The largest absolute Gasteiger partial charge is 0.310 e. The van der Waals surface area contributed by atoms with Crippen LogP contribution >= 0.6 is 11.3 Å². The molecule has 0 saturated carbocycles. The van der Waals surface area contributed by atoms with Gasteiger partial charge in [0, 0.05) is 53.6 Å². The van der Waals surface area contributed by atoms with Gasteiger partial charge in [0.25, 0.3) is 0 Å². The van der Waals surface area contributed by atoms with Gasteiger partial charge in [0.2, 0.25) is 0 Å². The molecule has 2 aromatic heterocycles. The molecule has 2 heterocycles. The van der Waals surface area contributed by atoms with Crippen LogP contribution in [-0.2, 0) is 0 Å². The van der Waals surface area contributed by atoms with E-state index in [1.165, 1.54) is 31.3 Å². The minimum absolute atomic E-state index is 0.208. The normalized spacial score (nSPS) is 11.5. The van der Waals surface area contributed by atoms with E-state index in [-0.39, 0.29) is 5.82 Å². The van der Waals surface area contributed by atoms with E-state index in [1.54, 1.807) is 12.1 Å². The molecule has 4 heteroatoms. The molecular weight excluding hydrogens is 728 g/mol. The topological polar surface area (TPSA) is 8.17 Å². The average Bonchev–Trinajstić information content (AvgIpc) is 3.84. The first kappa shape index (κ1) is 34.0. The second-order valence-corrected chi connectivity index (χ2v) is 15.7. The molecule has 0 atom stereocenters. The van der Waals surface area contributed by atoms with Gasteiger partial charge >= 0.3 is 0 Å². The fraction of sp³-hybridized carbons (Fsp3) is 0. The van der Waals surface area contributed by atoms with Gasteiger partial charge in [0.05, 0.1) is 16.7 Å². The quantitative estimate of drug-likeness (QED) is 0.157. The molecule has 0 bridgehead atoms. The van der Waals surface area contributed by atoms with Crippen molar-refractivity contribution >= 4 is 70.4 Å². The second kappa shape index (κ2) is 14.0. The Labute approximate surface area is 339 Å². The maximum atomic E-state index is 15.2. The van der Waals surface area contributed by atoms with Crippen LogP contribution in [0.1, 0.15) is 0 Å². The fourth-order valence-corrected chi connectivity index (χ4v) is 9.78. The van der Waals surface area contributed by atoms with Crippen LogP contribution < -0.4 is 4.90 Å². The van der Waals surface area contributed by atoms with Crippen LogP contribution in [0.4, 0.5) is 21.5 Å². The molecular formula is C54H35FN2S. The van der Waals surface area contributed by atoms with Crippen molar-refractivity contribution in [1.82, 2.24) is 4.57 Å². The summed E-state index contributed by atoms with van der Waals surface area (Å²) in [5.41, 5.74) is 13.0. The van der Waals surface area contributed by atoms with Gasteiger partial charge in [-0.25, -0.2) is 4.39 Å². The number of anilines is 3. The Morgan fingerprint density at radius 2 is 0.983 bits per heavy atom. The highest BCUT2D eigenvalue weighted by atomic mass is 32.1. The molecule has 11 rings (SSSR count). The van der Waals surface area contributed by atoms with Gasteiger partial charge in [-0.05, 0) is 101 Å². The van der Waals surface area contributed by atoms with Gasteiger partial charge in [0.1, 0.15) is 5.82 Å². The highest BCUT2D eigenvalue weighted by Crippen LogP contribution is 2.44. The summed E-state index contributed by atoms with van der Waals surface area (Å²) < 4.78 is 20.0. The van der Waals surface area contributed by atoms with Gasteiger partial charge in [-0.2, -0.15) is 0 Å². The van der Waals surface area contributed by atoms with Crippen molar-refractivity contribution in [3.05, 3.63) is 218 Å². The molecule has 274 valence electrons. The van der Waals surface area contributed by atoms with Gasteiger partial charge in [-0.1, -0.05) is 140 Å². The third kappa shape index (κ3) is 5.69. The molecule has 0 aliphatic carbocycles. The summed E-state index contributed by atoms with van der Waals surface area (Å²) >= 11 is 1.85. The minimum atomic E-state index is -0.208. The van der Waals surface area contributed by atoms with E-state index >= 15 is 4.39 Å². The maximum absolute atomic E-state index is 15.2. The van der Waals surface area contributed by atoms with Gasteiger partial charge < -0.3 is 9.47 Å². The first-order valence-corrected chi connectivity index (χ1v) is 20.4. The zero-order valence-electron chi connectivity index (χ0n) is 31.4. The molecule has 0 radical (unpaired) electrons. The van der Waals surface area contributed by atoms with Crippen LogP contribution in [0.25, 0.3) is 81.0 Å². The number of aromatic nitrogens is 1. The first-order valence-electron chi connectivity index (χ1n) is 19.5. The van der Waals surface area contributed by atoms with E-state index in [0.717, 1.165) is 61.4 Å². The molecule has 11 aromatic rings. The van der Waals surface area contributed by atoms with Crippen molar-refractivity contribution in [3.63, 3.8) is 0 Å². The number of halogens is 1. The Kier molecular flexibility index (Phi) is 8.23. The zero-order chi connectivity index (χ0) is 38.6. The number of para-hydroxylation sites is 2. The molecule has 0 amide bonds. The fourth-order valence-electron chi connectivity index (χ4n) is 8.64. The number of thiophene rings is 1. The van der Waals surface area contributed by atoms with Crippen molar-refractivity contribution in [2.24, 2.45) is 0 Å². The third-order valence-corrected chi connectivity index (χ3v) is 12.4. The summed E-state index contributed by atoms with van der Waals surface area (Å²) in [6.07, 6.45) is 0. The SMILES string of the molecule is Fc1cccc2c1c1ccccc1n2-c1cccc(-c2ccc(N(c3ccc(-c4cccc5sc6ccccc6c45)cc3)c3ccccc3-c3ccccc3)cc2)c1. The van der Waals surface area contributed by atoms with Crippen LogP contribution in [0.15, 0.2) is 212 Å². The lowest BCUT2D eigenvalue weighted by molar-refractivity contribution is 0.640. The Bertz CT molecular complexity index is 3290.